The molecule has 2 aromatic rings. The number of halogens is 3. The van der Waals surface area contributed by atoms with Crippen molar-refractivity contribution in [3.63, 3.8) is 0 Å². The minimum absolute atomic E-state index is 0.266. The Labute approximate surface area is 179 Å². The van der Waals surface area contributed by atoms with E-state index in [0.29, 0.717) is 31.4 Å². The molecule has 0 aliphatic carbocycles. The van der Waals surface area contributed by atoms with Gasteiger partial charge in [0, 0.05) is 39.0 Å². The SMILES string of the molecule is CCNC(=NCCC(O)(c1nccn1C)C(F)(F)F)NCCOc1ccc(OC)cc1. The standard InChI is InChI=1S/C20H28F3N5O3/c1-4-24-18(27-12-14-31-16-7-5-15(30-3)6-8-16)26-10-9-19(29,20(21,22)23)17-25-11-13-28(17)2/h5-8,11,13,29H,4,9-10,12,14H2,1-3H3,(H2,24,26,27). The van der Waals surface area contributed by atoms with Gasteiger partial charge in [-0.2, -0.15) is 13.2 Å². The van der Waals surface area contributed by atoms with Gasteiger partial charge in [-0.15, -0.1) is 0 Å². The summed E-state index contributed by atoms with van der Waals surface area (Å²) in [6.07, 6.45) is -2.99. The molecule has 0 amide bonds. The maximum Gasteiger partial charge on any atom is 0.424 e. The van der Waals surface area contributed by atoms with Gasteiger partial charge < -0.3 is 29.8 Å². The molecule has 2 rings (SSSR count). The minimum Gasteiger partial charge on any atom is -0.497 e. The third kappa shape index (κ3) is 6.51. The lowest BCUT2D eigenvalue weighted by atomic mass is 9.98. The summed E-state index contributed by atoms with van der Waals surface area (Å²) in [7, 11) is 2.98. The van der Waals surface area contributed by atoms with Gasteiger partial charge >= 0.3 is 6.18 Å². The summed E-state index contributed by atoms with van der Waals surface area (Å²) in [6.45, 7) is 2.79. The van der Waals surface area contributed by atoms with Crippen LogP contribution in [0.25, 0.3) is 0 Å². The molecule has 0 aliphatic heterocycles. The second-order valence-corrected chi connectivity index (χ2v) is 6.68. The van der Waals surface area contributed by atoms with E-state index in [2.05, 4.69) is 20.6 Å². The number of aryl methyl sites for hydroxylation is 1. The fourth-order valence-electron chi connectivity index (χ4n) is 2.83. The molecule has 31 heavy (non-hydrogen) atoms. The van der Waals surface area contributed by atoms with Crippen molar-refractivity contribution in [3.8, 4) is 11.5 Å². The Morgan fingerprint density at radius 3 is 2.42 bits per heavy atom. The second kappa shape index (κ2) is 10.9. The van der Waals surface area contributed by atoms with Crippen LogP contribution in [0.5, 0.6) is 11.5 Å². The van der Waals surface area contributed by atoms with Crippen molar-refractivity contribution in [2.75, 3.05) is 33.4 Å². The van der Waals surface area contributed by atoms with Gasteiger partial charge in [-0.25, -0.2) is 4.98 Å². The molecule has 8 nitrogen and oxygen atoms in total. The Balaban J connectivity index is 1.92. The number of aromatic nitrogens is 2. The summed E-state index contributed by atoms with van der Waals surface area (Å²) in [5.41, 5.74) is -3.09. The second-order valence-electron chi connectivity index (χ2n) is 6.68. The monoisotopic (exact) mass is 443 g/mol. The third-order valence-electron chi connectivity index (χ3n) is 4.47. The van der Waals surface area contributed by atoms with Gasteiger partial charge in [-0.05, 0) is 31.2 Å². The molecule has 1 aromatic carbocycles. The van der Waals surface area contributed by atoms with E-state index in [1.807, 2.05) is 6.92 Å². The number of methoxy groups -OCH3 is 1. The van der Waals surface area contributed by atoms with Crippen LogP contribution in [-0.4, -0.2) is 60.1 Å². The molecule has 1 heterocycles. The van der Waals surface area contributed by atoms with E-state index in [1.54, 1.807) is 31.4 Å². The Hall–Kier alpha value is -2.95. The number of hydrogen-bond donors (Lipinski definition) is 3. The third-order valence-corrected chi connectivity index (χ3v) is 4.47. The number of alkyl halides is 3. The van der Waals surface area contributed by atoms with Crippen LogP contribution in [-0.2, 0) is 12.6 Å². The van der Waals surface area contributed by atoms with E-state index in [9.17, 15) is 18.3 Å². The lowest BCUT2D eigenvalue weighted by Crippen LogP contribution is -2.45. The fourth-order valence-corrected chi connectivity index (χ4v) is 2.83. The summed E-state index contributed by atoms with van der Waals surface area (Å²) in [5.74, 6) is 1.23. The van der Waals surface area contributed by atoms with Crippen molar-refractivity contribution in [2.24, 2.45) is 12.0 Å². The number of aliphatic imine (C=N–C) groups is 1. The van der Waals surface area contributed by atoms with Crippen LogP contribution in [0.1, 0.15) is 19.2 Å². The predicted molar refractivity (Wildman–Crippen MR) is 110 cm³/mol. The van der Waals surface area contributed by atoms with Crippen LogP contribution in [0.4, 0.5) is 13.2 Å². The topological polar surface area (TPSA) is 92.9 Å². The first-order valence-electron chi connectivity index (χ1n) is 9.77. The number of ether oxygens (including phenoxy) is 2. The lowest BCUT2D eigenvalue weighted by molar-refractivity contribution is -0.272. The normalized spacial score (nSPS) is 14.1. The highest BCUT2D eigenvalue weighted by atomic mass is 19.4. The van der Waals surface area contributed by atoms with Crippen molar-refractivity contribution >= 4 is 5.96 Å². The van der Waals surface area contributed by atoms with Crippen LogP contribution < -0.4 is 20.1 Å². The van der Waals surface area contributed by atoms with E-state index in [0.717, 1.165) is 10.3 Å². The average molecular weight is 443 g/mol. The zero-order valence-electron chi connectivity index (χ0n) is 17.7. The molecule has 1 unspecified atom stereocenters. The highest BCUT2D eigenvalue weighted by Gasteiger charge is 2.57. The summed E-state index contributed by atoms with van der Waals surface area (Å²) in [6, 6.07) is 7.09. The average Bonchev–Trinajstić information content (AvgIpc) is 3.17. The number of rotatable bonds is 10. The van der Waals surface area contributed by atoms with Gasteiger partial charge in [0.15, 0.2) is 5.96 Å². The number of benzene rings is 1. The number of nitrogens with zero attached hydrogens (tertiary/aromatic N) is 3. The van der Waals surface area contributed by atoms with E-state index in [4.69, 9.17) is 9.47 Å². The number of aliphatic hydroxyl groups is 1. The van der Waals surface area contributed by atoms with E-state index < -0.39 is 24.0 Å². The molecule has 1 aromatic heterocycles. The molecule has 0 radical (unpaired) electrons. The van der Waals surface area contributed by atoms with Crippen LogP contribution in [0.15, 0.2) is 41.7 Å². The van der Waals surface area contributed by atoms with Gasteiger partial charge in [0.05, 0.1) is 13.7 Å². The highest BCUT2D eigenvalue weighted by Crippen LogP contribution is 2.40. The Morgan fingerprint density at radius 2 is 1.87 bits per heavy atom. The largest absolute Gasteiger partial charge is 0.497 e. The van der Waals surface area contributed by atoms with Gasteiger partial charge in [-0.3, -0.25) is 4.99 Å². The lowest BCUT2D eigenvalue weighted by Gasteiger charge is -2.29. The van der Waals surface area contributed by atoms with Crippen molar-refractivity contribution in [1.82, 2.24) is 20.2 Å². The molecule has 0 saturated carbocycles. The molecule has 0 aliphatic rings. The fraction of sp³-hybridized carbons (Fsp3) is 0.500. The molecule has 1 atom stereocenters. The summed E-state index contributed by atoms with van der Waals surface area (Å²) < 4.78 is 52.5. The first-order chi connectivity index (χ1) is 14.7. The van der Waals surface area contributed by atoms with Crippen LogP contribution in [0.3, 0.4) is 0 Å². The van der Waals surface area contributed by atoms with E-state index in [-0.39, 0.29) is 6.54 Å². The first kappa shape index (κ1) is 24.3. The number of imidazole rings is 1. The molecule has 3 N–H and O–H groups in total. The Morgan fingerprint density at radius 1 is 1.19 bits per heavy atom. The van der Waals surface area contributed by atoms with Crippen LogP contribution in [0, 0.1) is 0 Å². The molecule has 0 bridgehead atoms. The first-order valence-corrected chi connectivity index (χ1v) is 9.77. The zero-order valence-corrected chi connectivity index (χ0v) is 17.7. The van der Waals surface area contributed by atoms with Crippen LogP contribution in [0.2, 0.25) is 0 Å². The van der Waals surface area contributed by atoms with E-state index in [1.165, 1.54) is 19.4 Å². The van der Waals surface area contributed by atoms with Gasteiger partial charge in [0.1, 0.15) is 23.9 Å². The maximum atomic E-state index is 13.6. The molecule has 11 heteroatoms. The molecular formula is C20H28F3N5O3. The van der Waals surface area contributed by atoms with Gasteiger partial charge in [-0.1, -0.05) is 0 Å². The van der Waals surface area contributed by atoms with Crippen molar-refractivity contribution in [2.45, 2.75) is 25.1 Å². The molecule has 0 fully saturated rings. The Bertz CT molecular complexity index is 839. The van der Waals surface area contributed by atoms with Crippen LogP contribution >= 0.6 is 0 Å². The summed E-state index contributed by atoms with van der Waals surface area (Å²) >= 11 is 0. The maximum absolute atomic E-state index is 13.6. The predicted octanol–water partition coefficient (Wildman–Crippen LogP) is 2.20. The molecular weight excluding hydrogens is 415 g/mol. The van der Waals surface area contributed by atoms with Crippen molar-refractivity contribution < 1.29 is 27.8 Å². The molecule has 172 valence electrons. The summed E-state index contributed by atoms with van der Waals surface area (Å²) in [5, 5.41) is 16.3. The summed E-state index contributed by atoms with van der Waals surface area (Å²) in [4.78, 5) is 7.82. The minimum atomic E-state index is -4.89. The molecule has 0 spiro atoms. The quantitative estimate of drug-likeness (QED) is 0.296. The van der Waals surface area contributed by atoms with Gasteiger partial charge in [0.2, 0.25) is 5.60 Å². The highest BCUT2D eigenvalue weighted by molar-refractivity contribution is 5.79. The van der Waals surface area contributed by atoms with Gasteiger partial charge in [0.25, 0.3) is 0 Å². The van der Waals surface area contributed by atoms with E-state index >= 15 is 0 Å². The molecule has 0 saturated heterocycles. The zero-order chi connectivity index (χ0) is 22.9. The van der Waals surface area contributed by atoms with Crippen molar-refractivity contribution in [1.29, 1.82) is 0 Å². The Kier molecular flexibility index (Phi) is 8.55. The number of nitrogens with one attached hydrogen (secondary N) is 2. The number of hydrogen-bond acceptors (Lipinski definition) is 5. The number of guanidine groups is 1. The van der Waals surface area contributed by atoms with Crippen molar-refractivity contribution in [3.05, 3.63) is 42.5 Å². The smallest absolute Gasteiger partial charge is 0.424 e.